The second-order valence-electron chi connectivity index (χ2n) is 21.9. The van der Waals surface area contributed by atoms with Crippen LogP contribution < -0.4 is 14.5 Å². The lowest BCUT2D eigenvalue weighted by atomic mass is 9.81. The van der Waals surface area contributed by atoms with Crippen LogP contribution in [0.2, 0.25) is 0 Å². The van der Waals surface area contributed by atoms with Crippen LogP contribution >= 0.6 is 24.8 Å². The number of hydrogen-bond acceptors (Lipinski definition) is 7. The van der Waals surface area contributed by atoms with Gasteiger partial charge >= 0.3 is 11.9 Å². The Morgan fingerprint density at radius 1 is 0.520 bits per heavy atom. The normalized spacial score (nSPS) is 18.5. The van der Waals surface area contributed by atoms with Crippen molar-refractivity contribution in [3.8, 4) is 28.3 Å². The van der Waals surface area contributed by atoms with E-state index in [1.807, 2.05) is 36.4 Å². The van der Waals surface area contributed by atoms with Gasteiger partial charge in [0.1, 0.15) is 17.4 Å². The minimum Gasteiger partial charge on any atom is -0.478 e. The van der Waals surface area contributed by atoms with Crippen LogP contribution in [-0.2, 0) is 17.9 Å². The molecule has 2 aliphatic carbocycles. The van der Waals surface area contributed by atoms with Crippen molar-refractivity contribution in [1.82, 2.24) is 18.9 Å². The van der Waals surface area contributed by atoms with Crippen LogP contribution in [0.4, 0.5) is 20.2 Å². The number of hydrogen-bond donors (Lipinski definition) is 1. The predicted octanol–water partition coefficient (Wildman–Crippen LogP) is 14.1. The van der Waals surface area contributed by atoms with Crippen molar-refractivity contribution >= 4 is 69.9 Å². The van der Waals surface area contributed by atoms with Crippen molar-refractivity contribution in [3.63, 3.8) is 0 Å². The molecule has 0 unspecified atom stereocenters. The van der Waals surface area contributed by atoms with Gasteiger partial charge in [0, 0.05) is 104 Å². The highest BCUT2D eigenvalue weighted by molar-refractivity contribution is 6.00. The number of benzene rings is 4. The molecule has 0 amide bonds. The first-order chi connectivity index (χ1) is 35.7. The number of anilines is 2. The summed E-state index contributed by atoms with van der Waals surface area (Å²) >= 11 is 0. The second-order valence-corrected chi connectivity index (χ2v) is 21.9. The number of carbonyl (C=O) groups excluding carboxylic acids is 1. The lowest BCUT2D eigenvalue weighted by molar-refractivity contribution is -0.131. The highest BCUT2D eigenvalue weighted by Gasteiger charge is 2.33. The highest BCUT2D eigenvalue weighted by atomic mass is 35.5. The molecule has 10 nitrogen and oxygen atoms in total. The molecular weight excluding hydrogens is 990 g/mol. The first kappa shape index (κ1) is 54.6. The number of piperidine rings is 2. The van der Waals surface area contributed by atoms with Crippen molar-refractivity contribution in [2.75, 3.05) is 75.2 Å². The molecule has 0 spiro atoms. The summed E-state index contributed by atoms with van der Waals surface area (Å²) in [7, 11) is 0. The molecule has 2 saturated heterocycles. The first-order valence-electron chi connectivity index (χ1n) is 28.0. The quantitative estimate of drug-likeness (QED) is 0.107. The summed E-state index contributed by atoms with van der Waals surface area (Å²) in [6.07, 6.45) is 19.8. The van der Waals surface area contributed by atoms with E-state index in [4.69, 9.17) is 4.74 Å². The average molecular weight is 1070 g/mol. The van der Waals surface area contributed by atoms with E-state index in [1.54, 1.807) is 30.3 Å². The first-order valence-corrected chi connectivity index (χ1v) is 28.0. The summed E-state index contributed by atoms with van der Waals surface area (Å²) in [6.45, 7) is 13.3. The van der Waals surface area contributed by atoms with E-state index in [2.05, 4.69) is 34.8 Å². The highest BCUT2D eigenvalue weighted by Crippen LogP contribution is 2.50. The molecule has 75 heavy (non-hydrogen) atoms. The third-order valence-corrected chi connectivity index (χ3v) is 17.3. The molecule has 2 aromatic heterocycles. The minimum absolute atomic E-state index is 0. The zero-order valence-corrected chi connectivity index (χ0v) is 45.4. The number of esters is 1. The van der Waals surface area contributed by atoms with Crippen LogP contribution in [0.5, 0.6) is 5.75 Å². The number of carboxylic acids is 1. The summed E-state index contributed by atoms with van der Waals surface area (Å²) in [5.41, 5.74) is 11.5. The fraction of sp³-hybridized carbons (Fsp3) is 0.508. The summed E-state index contributed by atoms with van der Waals surface area (Å²) in [5.74, 6) is -0.179. The zero-order chi connectivity index (χ0) is 50.0. The molecule has 4 aliphatic heterocycles. The zero-order valence-electron chi connectivity index (χ0n) is 43.8. The summed E-state index contributed by atoms with van der Waals surface area (Å²) in [5, 5.41) is 12.1. The Kier molecular flexibility index (Phi) is 17.8. The Morgan fingerprint density at radius 3 is 1.41 bits per heavy atom. The number of aromatic carboxylic acids is 1. The molecular formula is C61H76Cl2F2N6O4. The molecule has 6 heterocycles. The van der Waals surface area contributed by atoms with Crippen molar-refractivity contribution in [2.24, 2.45) is 0 Å². The van der Waals surface area contributed by atoms with Gasteiger partial charge in [0.15, 0.2) is 0 Å². The van der Waals surface area contributed by atoms with Crippen molar-refractivity contribution in [1.29, 1.82) is 0 Å². The number of carboxylic acid groups (broad SMARTS) is 1. The molecule has 0 radical (unpaired) electrons. The van der Waals surface area contributed by atoms with Gasteiger partial charge in [-0.05, 0) is 161 Å². The molecule has 6 aromatic rings. The van der Waals surface area contributed by atoms with Gasteiger partial charge in [-0.3, -0.25) is 4.79 Å². The van der Waals surface area contributed by atoms with Gasteiger partial charge in [0.25, 0.3) is 0 Å². The fourth-order valence-corrected chi connectivity index (χ4v) is 13.7. The van der Waals surface area contributed by atoms with Crippen LogP contribution in [0.1, 0.15) is 143 Å². The minimum atomic E-state index is -0.908. The van der Waals surface area contributed by atoms with E-state index in [0.29, 0.717) is 23.1 Å². The molecule has 0 atom stereocenters. The van der Waals surface area contributed by atoms with Crippen LogP contribution in [0.25, 0.3) is 44.3 Å². The fourth-order valence-electron chi connectivity index (χ4n) is 13.7. The third-order valence-electron chi connectivity index (χ3n) is 17.3. The van der Waals surface area contributed by atoms with Gasteiger partial charge in [0.05, 0.1) is 22.5 Å². The van der Waals surface area contributed by atoms with E-state index in [-0.39, 0.29) is 42.4 Å². The number of ether oxygens (including phenoxy) is 1. The second kappa shape index (κ2) is 24.5. The number of nitrogens with zero attached hydrogens (tertiary/aromatic N) is 6. The monoisotopic (exact) mass is 1060 g/mol. The van der Waals surface area contributed by atoms with Gasteiger partial charge in [-0.1, -0.05) is 57.4 Å². The van der Waals surface area contributed by atoms with E-state index in [0.717, 1.165) is 116 Å². The Labute approximate surface area is 454 Å². The molecule has 402 valence electrons. The molecule has 4 fully saturated rings. The topological polar surface area (TPSA) is 86.4 Å². The standard InChI is InChI=1S/C31H38FN3O2.C30H36FN3O2.2ClH/c1-22(36)37-25-11-12-26-29(21-25)35-19-18-34(17-16-33-14-6-3-7-15-33)28-13-10-24(32)20-27(28)31(35)30(26)23-8-4-2-5-9-23;31-23-10-12-26-25(20-23)29-28(21-7-3-1-4-8-21)24-11-9-22(30(35)36)19-27(24)34(29)18-17-33(26)16-15-32-13-5-2-6-14-32;;/h10-13,20-21,23H,2-9,14-19H2,1H3;9-12,19-21H,1-8,13-18H2,(H,35,36);2*1H. The number of carbonyl (C=O) groups is 2. The van der Waals surface area contributed by atoms with Crippen LogP contribution in [0.15, 0.2) is 72.8 Å². The SMILES string of the molecule is CC(=O)Oc1ccc2c(C3CCCCC3)c3n(c2c1)CCN(CCN1CCCCC1)c1ccc(F)cc1-3.Cl.Cl.O=C(O)c1ccc2c(C3CCCCC3)c3n(c2c1)CCN(CCN1CCCCC1)c1ccc(F)cc1-3. The van der Waals surface area contributed by atoms with Gasteiger partial charge in [-0.25, -0.2) is 13.6 Å². The Hall–Kier alpha value is -5.14. The Bertz CT molecular complexity index is 2970. The molecule has 12 rings (SSSR count). The molecule has 2 saturated carbocycles. The molecule has 6 aliphatic rings. The largest absolute Gasteiger partial charge is 0.478 e. The summed E-state index contributed by atoms with van der Waals surface area (Å²) in [4.78, 5) is 33.6. The summed E-state index contributed by atoms with van der Waals surface area (Å²) < 4.78 is 39.8. The van der Waals surface area contributed by atoms with E-state index in [1.165, 1.54) is 140 Å². The number of likely N-dealkylation sites (tertiary alicyclic amines) is 2. The van der Waals surface area contributed by atoms with Crippen molar-refractivity contribution in [2.45, 2.75) is 135 Å². The van der Waals surface area contributed by atoms with E-state index < -0.39 is 5.97 Å². The van der Waals surface area contributed by atoms with Crippen molar-refractivity contribution < 1.29 is 28.2 Å². The number of aromatic nitrogens is 2. The maximum absolute atomic E-state index is 14.9. The predicted molar refractivity (Wildman–Crippen MR) is 304 cm³/mol. The van der Waals surface area contributed by atoms with Crippen LogP contribution in [-0.4, -0.2) is 101 Å². The molecule has 1 N–H and O–H groups in total. The van der Waals surface area contributed by atoms with Gasteiger partial charge in [0.2, 0.25) is 0 Å². The Morgan fingerprint density at radius 2 is 0.960 bits per heavy atom. The molecule has 4 aromatic carbocycles. The van der Waals surface area contributed by atoms with Crippen LogP contribution in [0, 0.1) is 11.6 Å². The number of rotatable bonds is 10. The average Bonchev–Trinajstić information content (AvgIpc) is 3.88. The number of halogens is 4. The Balaban J connectivity index is 0.000000179. The molecule has 0 bridgehead atoms. The van der Waals surface area contributed by atoms with Crippen molar-refractivity contribution in [3.05, 3.63) is 101 Å². The van der Waals surface area contributed by atoms with E-state index >= 15 is 0 Å². The van der Waals surface area contributed by atoms with Gasteiger partial charge in [-0.15, -0.1) is 24.8 Å². The van der Waals surface area contributed by atoms with Crippen LogP contribution in [0.3, 0.4) is 0 Å². The lowest BCUT2D eigenvalue weighted by Crippen LogP contribution is -2.38. The summed E-state index contributed by atoms with van der Waals surface area (Å²) in [6, 6.07) is 22.2. The number of fused-ring (bicyclic) bond motifs is 10. The van der Waals surface area contributed by atoms with Gasteiger partial charge in [-0.2, -0.15) is 0 Å². The molecule has 14 heteroatoms. The third kappa shape index (κ3) is 11.6. The maximum Gasteiger partial charge on any atom is 0.335 e. The smallest absolute Gasteiger partial charge is 0.335 e. The van der Waals surface area contributed by atoms with E-state index in [9.17, 15) is 23.5 Å². The maximum atomic E-state index is 14.9. The lowest BCUT2D eigenvalue weighted by Gasteiger charge is -2.31. The van der Waals surface area contributed by atoms with Gasteiger partial charge < -0.3 is 38.6 Å².